The van der Waals surface area contributed by atoms with Crippen LogP contribution in [-0.2, 0) is 19.9 Å². The van der Waals surface area contributed by atoms with Crippen LogP contribution in [0.5, 0.6) is 0 Å². The molecule has 2 aromatic rings. The zero-order valence-electron chi connectivity index (χ0n) is 16.5. The van der Waals surface area contributed by atoms with E-state index >= 15 is 0 Å². The Morgan fingerprint density at radius 3 is 2.21 bits per heavy atom. The Balaban J connectivity index is 1.72. The normalized spacial score (nSPS) is 18.4. The number of carbonyl (C=O) groups excluding carboxylic acids is 1. The molecule has 0 spiro atoms. The molecule has 1 aliphatic heterocycles. The summed E-state index contributed by atoms with van der Waals surface area (Å²) >= 11 is 0. The highest BCUT2D eigenvalue weighted by Gasteiger charge is 2.29. The Kier molecular flexibility index (Phi) is 5.73. The largest absolute Gasteiger partial charge is 0.348 e. The average molecular weight is 437 g/mol. The van der Waals surface area contributed by atoms with Gasteiger partial charge in [-0.3, -0.25) is 9.52 Å². The number of amides is 1. The Bertz CT molecular complexity index is 1150. The first kappa shape index (κ1) is 21.3. The van der Waals surface area contributed by atoms with E-state index < -0.39 is 25.9 Å². The van der Waals surface area contributed by atoms with Crippen molar-refractivity contribution in [3.63, 3.8) is 0 Å². The van der Waals surface area contributed by atoms with E-state index in [1.165, 1.54) is 24.3 Å². The first-order valence-corrected chi connectivity index (χ1v) is 12.5. The maximum atomic E-state index is 12.7. The van der Waals surface area contributed by atoms with Crippen molar-refractivity contribution < 1.29 is 21.6 Å². The van der Waals surface area contributed by atoms with E-state index in [1.807, 2.05) is 19.9 Å². The molecule has 0 bridgehead atoms. The van der Waals surface area contributed by atoms with Gasteiger partial charge in [-0.05, 0) is 74.2 Å². The van der Waals surface area contributed by atoms with E-state index in [9.17, 15) is 21.6 Å². The zero-order valence-corrected chi connectivity index (χ0v) is 18.2. The van der Waals surface area contributed by atoms with Crippen LogP contribution < -0.4 is 10.0 Å². The highest BCUT2D eigenvalue weighted by atomic mass is 32.2. The molecule has 0 saturated carbocycles. The maximum Gasteiger partial charge on any atom is 0.262 e. The predicted molar refractivity (Wildman–Crippen MR) is 112 cm³/mol. The fourth-order valence-electron chi connectivity index (χ4n) is 3.30. The number of rotatable bonds is 5. The highest BCUT2D eigenvalue weighted by Crippen LogP contribution is 2.23. The Labute approximate surface area is 171 Å². The minimum Gasteiger partial charge on any atom is -0.348 e. The minimum atomic E-state index is -3.77. The monoisotopic (exact) mass is 436 g/mol. The third-order valence-electron chi connectivity index (χ3n) is 5.05. The molecule has 1 heterocycles. The number of carbonyl (C=O) groups is 1. The molecular weight excluding hydrogens is 412 g/mol. The number of sulfonamides is 1. The van der Waals surface area contributed by atoms with Crippen LogP contribution in [0.15, 0.2) is 41.3 Å². The third kappa shape index (κ3) is 4.97. The van der Waals surface area contributed by atoms with Gasteiger partial charge >= 0.3 is 0 Å². The van der Waals surface area contributed by atoms with Gasteiger partial charge in [0.2, 0.25) is 0 Å². The number of hydrogen-bond acceptors (Lipinski definition) is 5. The van der Waals surface area contributed by atoms with E-state index in [2.05, 4.69) is 10.0 Å². The Morgan fingerprint density at radius 1 is 1.00 bits per heavy atom. The molecule has 0 unspecified atom stereocenters. The van der Waals surface area contributed by atoms with Gasteiger partial charge in [0.1, 0.15) is 0 Å². The summed E-state index contributed by atoms with van der Waals surface area (Å²) in [6.45, 7) is 5.53. The number of benzene rings is 2. The van der Waals surface area contributed by atoms with E-state index in [4.69, 9.17) is 0 Å². The van der Waals surface area contributed by atoms with E-state index in [-0.39, 0.29) is 22.3 Å². The number of nitrogens with one attached hydrogen (secondary N) is 2. The van der Waals surface area contributed by atoms with Crippen molar-refractivity contribution in [1.82, 2.24) is 5.32 Å². The standard InChI is InChI=1S/C20H24N2O5S2/c1-13-10-15(3)19(11-14(13)2)29(26,27)22-17-6-4-16(5-7-17)20(23)21-18-8-9-28(24,25)12-18/h4-7,10-11,18,22H,8-9,12H2,1-3H3,(H,21,23)/t18-/m1/s1. The van der Waals surface area contributed by atoms with Gasteiger partial charge in [-0.2, -0.15) is 0 Å². The van der Waals surface area contributed by atoms with Gasteiger partial charge in [-0.1, -0.05) is 6.07 Å². The lowest BCUT2D eigenvalue weighted by molar-refractivity contribution is 0.0941. The van der Waals surface area contributed by atoms with Crippen LogP contribution in [0, 0.1) is 20.8 Å². The molecule has 1 amide bonds. The quantitative estimate of drug-likeness (QED) is 0.748. The summed E-state index contributed by atoms with van der Waals surface area (Å²) in [5.41, 5.74) is 3.23. The molecule has 2 N–H and O–H groups in total. The van der Waals surface area contributed by atoms with Crippen LogP contribution in [-0.4, -0.2) is 40.3 Å². The van der Waals surface area contributed by atoms with Gasteiger partial charge < -0.3 is 5.32 Å². The fraction of sp³-hybridized carbons (Fsp3) is 0.350. The van der Waals surface area contributed by atoms with Crippen molar-refractivity contribution in [2.75, 3.05) is 16.2 Å². The van der Waals surface area contributed by atoms with Crippen molar-refractivity contribution >= 4 is 31.5 Å². The number of sulfone groups is 1. The second kappa shape index (κ2) is 7.79. The number of anilines is 1. The van der Waals surface area contributed by atoms with Gasteiger partial charge in [-0.25, -0.2) is 16.8 Å². The minimum absolute atomic E-state index is 0.0497. The lowest BCUT2D eigenvalue weighted by atomic mass is 10.1. The van der Waals surface area contributed by atoms with Crippen LogP contribution in [0.3, 0.4) is 0 Å². The first-order valence-electron chi connectivity index (χ1n) is 9.19. The lowest BCUT2D eigenvalue weighted by Crippen LogP contribution is -2.35. The molecule has 0 aliphatic carbocycles. The van der Waals surface area contributed by atoms with E-state index in [0.717, 1.165) is 11.1 Å². The molecule has 2 aromatic carbocycles. The molecule has 156 valence electrons. The molecule has 9 heteroatoms. The predicted octanol–water partition coefficient (Wildman–Crippen LogP) is 2.33. The van der Waals surface area contributed by atoms with E-state index in [1.54, 1.807) is 13.0 Å². The second-order valence-electron chi connectivity index (χ2n) is 7.46. The Morgan fingerprint density at radius 2 is 1.62 bits per heavy atom. The number of hydrogen-bond donors (Lipinski definition) is 2. The van der Waals surface area contributed by atoms with Gasteiger partial charge in [0.05, 0.1) is 16.4 Å². The first-order chi connectivity index (χ1) is 13.5. The summed E-state index contributed by atoms with van der Waals surface area (Å²) in [7, 11) is -6.84. The second-order valence-corrected chi connectivity index (χ2v) is 11.3. The average Bonchev–Trinajstić information content (AvgIpc) is 2.96. The fourth-order valence-corrected chi connectivity index (χ4v) is 6.35. The van der Waals surface area contributed by atoms with Crippen LogP contribution in [0.25, 0.3) is 0 Å². The highest BCUT2D eigenvalue weighted by molar-refractivity contribution is 7.92. The summed E-state index contributed by atoms with van der Waals surface area (Å²) in [4.78, 5) is 12.5. The van der Waals surface area contributed by atoms with Crippen LogP contribution >= 0.6 is 0 Å². The van der Waals surface area contributed by atoms with E-state index in [0.29, 0.717) is 23.2 Å². The third-order valence-corrected chi connectivity index (χ3v) is 8.34. The molecule has 3 rings (SSSR count). The van der Waals surface area contributed by atoms with Gasteiger partial charge in [0.15, 0.2) is 9.84 Å². The van der Waals surface area contributed by atoms with Crippen molar-refractivity contribution in [1.29, 1.82) is 0 Å². The molecule has 1 aliphatic rings. The molecule has 0 aromatic heterocycles. The summed E-state index contributed by atoms with van der Waals surface area (Å²) in [6, 6.07) is 9.11. The Hall–Kier alpha value is -2.39. The van der Waals surface area contributed by atoms with Gasteiger partial charge in [0.25, 0.3) is 15.9 Å². The molecule has 7 nitrogen and oxygen atoms in total. The van der Waals surface area contributed by atoms with Crippen molar-refractivity contribution in [3.8, 4) is 0 Å². The molecule has 1 saturated heterocycles. The molecular formula is C20H24N2O5S2. The lowest BCUT2D eigenvalue weighted by Gasteiger charge is -2.14. The maximum absolute atomic E-state index is 12.7. The van der Waals surface area contributed by atoms with Crippen molar-refractivity contribution in [2.45, 2.75) is 38.1 Å². The summed E-state index contributed by atoms with van der Waals surface area (Å²) in [5.74, 6) is -0.353. The smallest absolute Gasteiger partial charge is 0.262 e. The molecule has 0 radical (unpaired) electrons. The molecule has 1 fully saturated rings. The SMILES string of the molecule is Cc1cc(C)c(S(=O)(=O)Nc2ccc(C(=O)N[C@@H]3CCS(=O)(=O)C3)cc2)cc1C. The molecule has 1 atom stereocenters. The zero-order chi connectivity index (χ0) is 21.4. The van der Waals surface area contributed by atoms with Gasteiger partial charge in [-0.15, -0.1) is 0 Å². The van der Waals surface area contributed by atoms with Crippen molar-refractivity contribution in [3.05, 3.63) is 58.7 Å². The van der Waals surface area contributed by atoms with Crippen molar-refractivity contribution in [2.24, 2.45) is 0 Å². The molecule has 29 heavy (non-hydrogen) atoms. The topological polar surface area (TPSA) is 109 Å². The number of aryl methyl sites for hydroxylation is 3. The summed E-state index contributed by atoms with van der Waals surface area (Å²) in [5, 5.41) is 2.71. The summed E-state index contributed by atoms with van der Waals surface area (Å²) < 4.78 is 51.0. The summed E-state index contributed by atoms with van der Waals surface area (Å²) in [6.07, 6.45) is 0.404. The van der Waals surface area contributed by atoms with Crippen LogP contribution in [0.1, 0.15) is 33.5 Å². The van der Waals surface area contributed by atoms with Crippen LogP contribution in [0.2, 0.25) is 0 Å². The van der Waals surface area contributed by atoms with Crippen LogP contribution in [0.4, 0.5) is 5.69 Å². The van der Waals surface area contributed by atoms with Gasteiger partial charge in [0, 0.05) is 17.3 Å².